The SMILES string of the molecule is O=C(O)/C=C/c1ccc(NC(=O)NCC2CCCC2)cc1. The van der Waals surface area contributed by atoms with Crippen molar-refractivity contribution in [3.8, 4) is 0 Å². The molecule has 1 aliphatic carbocycles. The van der Waals surface area contributed by atoms with E-state index in [4.69, 9.17) is 5.11 Å². The number of anilines is 1. The highest BCUT2D eigenvalue weighted by Gasteiger charge is 2.15. The molecule has 0 aromatic heterocycles. The molecule has 0 saturated heterocycles. The van der Waals surface area contributed by atoms with Gasteiger partial charge in [0.1, 0.15) is 0 Å². The van der Waals surface area contributed by atoms with Gasteiger partial charge >= 0.3 is 12.0 Å². The number of carbonyl (C=O) groups is 2. The third-order valence-corrected chi connectivity index (χ3v) is 3.61. The zero-order chi connectivity index (χ0) is 15.1. The van der Waals surface area contributed by atoms with E-state index in [0.29, 0.717) is 11.6 Å². The summed E-state index contributed by atoms with van der Waals surface area (Å²) in [4.78, 5) is 22.2. The highest BCUT2D eigenvalue weighted by atomic mass is 16.4. The van der Waals surface area contributed by atoms with Gasteiger partial charge in [0.15, 0.2) is 0 Å². The lowest BCUT2D eigenvalue weighted by Gasteiger charge is -2.11. The van der Waals surface area contributed by atoms with E-state index in [2.05, 4.69) is 10.6 Å². The Morgan fingerprint density at radius 1 is 1.19 bits per heavy atom. The van der Waals surface area contributed by atoms with E-state index in [1.165, 1.54) is 31.8 Å². The number of carboxylic acids is 1. The molecule has 1 aromatic rings. The zero-order valence-corrected chi connectivity index (χ0v) is 11.8. The molecule has 1 fully saturated rings. The molecule has 0 bridgehead atoms. The molecular formula is C16H20N2O3. The van der Waals surface area contributed by atoms with Crippen molar-refractivity contribution in [3.05, 3.63) is 35.9 Å². The largest absolute Gasteiger partial charge is 0.478 e. The second-order valence-electron chi connectivity index (χ2n) is 5.28. The molecule has 3 N–H and O–H groups in total. The molecule has 0 spiro atoms. The molecule has 112 valence electrons. The van der Waals surface area contributed by atoms with Crippen molar-refractivity contribution in [1.82, 2.24) is 5.32 Å². The van der Waals surface area contributed by atoms with Crippen LogP contribution < -0.4 is 10.6 Å². The van der Waals surface area contributed by atoms with Crippen LogP contribution in [-0.2, 0) is 4.79 Å². The van der Waals surface area contributed by atoms with Gasteiger partial charge in [-0.05, 0) is 42.5 Å². The van der Waals surface area contributed by atoms with Crippen LogP contribution >= 0.6 is 0 Å². The van der Waals surface area contributed by atoms with E-state index in [1.54, 1.807) is 24.3 Å². The first-order valence-electron chi connectivity index (χ1n) is 7.19. The van der Waals surface area contributed by atoms with E-state index in [0.717, 1.165) is 18.2 Å². The van der Waals surface area contributed by atoms with Gasteiger partial charge in [-0.25, -0.2) is 9.59 Å². The average molecular weight is 288 g/mol. The number of carbonyl (C=O) groups excluding carboxylic acids is 1. The van der Waals surface area contributed by atoms with Gasteiger partial charge in [0, 0.05) is 18.3 Å². The molecule has 0 aliphatic heterocycles. The van der Waals surface area contributed by atoms with Crippen molar-refractivity contribution in [3.63, 3.8) is 0 Å². The number of urea groups is 1. The molecule has 0 unspecified atom stereocenters. The first-order chi connectivity index (χ1) is 10.1. The summed E-state index contributed by atoms with van der Waals surface area (Å²) in [6, 6.07) is 6.81. The summed E-state index contributed by atoms with van der Waals surface area (Å²) in [6.07, 6.45) is 7.51. The minimum Gasteiger partial charge on any atom is -0.478 e. The minimum atomic E-state index is -0.983. The molecule has 5 nitrogen and oxygen atoms in total. The third-order valence-electron chi connectivity index (χ3n) is 3.61. The van der Waals surface area contributed by atoms with Crippen molar-refractivity contribution in [2.75, 3.05) is 11.9 Å². The smallest absolute Gasteiger partial charge is 0.328 e. The van der Waals surface area contributed by atoms with Crippen LogP contribution in [0.25, 0.3) is 6.08 Å². The van der Waals surface area contributed by atoms with Gasteiger partial charge in [0.05, 0.1) is 0 Å². The van der Waals surface area contributed by atoms with Crippen molar-refractivity contribution >= 4 is 23.8 Å². The summed E-state index contributed by atoms with van der Waals surface area (Å²) in [5.74, 6) is -0.372. The van der Waals surface area contributed by atoms with Crippen LogP contribution in [0.4, 0.5) is 10.5 Å². The highest BCUT2D eigenvalue weighted by molar-refractivity contribution is 5.89. The van der Waals surface area contributed by atoms with Gasteiger partial charge < -0.3 is 15.7 Å². The van der Waals surface area contributed by atoms with Gasteiger partial charge in [0.2, 0.25) is 0 Å². The maximum absolute atomic E-state index is 11.8. The van der Waals surface area contributed by atoms with E-state index in [-0.39, 0.29) is 6.03 Å². The number of aliphatic carboxylic acids is 1. The van der Waals surface area contributed by atoms with Crippen molar-refractivity contribution in [1.29, 1.82) is 0 Å². The maximum Gasteiger partial charge on any atom is 0.328 e. The number of rotatable bonds is 5. The minimum absolute atomic E-state index is 0.198. The number of amides is 2. The van der Waals surface area contributed by atoms with Gasteiger partial charge in [-0.1, -0.05) is 25.0 Å². The fourth-order valence-corrected chi connectivity index (χ4v) is 2.47. The third kappa shape index (κ3) is 5.30. The summed E-state index contributed by atoms with van der Waals surface area (Å²) >= 11 is 0. The Bertz CT molecular complexity index is 517. The Kier molecular flexibility index (Phi) is 5.37. The molecule has 0 heterocycles. The van der Waals surface area contributed by atoms with E-state index in [9.17, 15) is 9.59 Å². The lowest BCUT2D eigenvalue weighted by atomic mass is 10.1. The maximum atomic E-state index is 11.8. The van der Waals surface area contributed by atoms with Crippen LogP contribution in [0.1, 0.15) is 31.2 Å². The van der Waals surface area contributed by atoms with Crippen LogP contribution in [0.5, 0.6) is 0 Å². The molecule has 1 aliphatic rings. The topological polar surface area (TPSA) is 78.4 Å². The standard InChI is InChI=1S/C16H20N2O3/c19-15(20)10-7-12-5-8-14(9-6-12)18-16(21)17-11-13-3-1-2-4-13/h5-10,13H,1-4,11H2,(H,19,20)(H2,17,18,21)/b10-7+. The summed E-state index contributed by atoms with van der Waals surface area (Å²) < 4.78 is 0. The Hall–Kier alpha value is -2.30. The summed E-state index contributed by atoms with van der Waals surface area (Å²) in [5.41, 5.74) is 1.46. The molecule has 0 radical (unpaired) electrons. The van der Waals surface area contributed by atoms with Gasteiger partial charge in [0.25, 0.3) is 0 Å². The predicted octanol–water partition coefficient (Wildman–Crippen LogP) is 3.10. The molecular weight excluding hydrogens is 268 g/mol. The van der Waals surface area contributed by atoms with Crippen molar-refractivity contribution < 1.29 is 14.7 Å². The Morgan fingerprint density at radius 3 is 2.48 bits per heavy atom. The van der Waals surface area contributed by atoms with E-state index >= 15 is 0 Å². The second-order valence-corrected chi connectivity index (χ2v) is 5.28. The normalized spacial score (nSPS) is 15.2. The molecule has 1 aromatic carbocycles. The van der Waals surface area contributed by atoms with E-state index < -0.39 is 5.97 Å². The van der Waals surface area contributed by atoms with E-state index in [1.807, 2.05) is 0 Å². The lowest BCUT2D eigenvalue weighted by Crippen LogP contribution is -2.32. The summed E-state index contributed by atoms with van der Waals surface area (Å²) in [7, 11) is 0. The number of carboxylic acid groups (broad SMARTS) is 1. The van der Waals surface area contributed by atoms with Gasteiger partial charge in [-0.3, -0.25) is 0 Å². The fraction of sp³-hybridized carbons (Fsp3) is 0.375. The zero-order valence-electron chi connectivity index (χ0n) is 11.8. The predicted molar refractivity (Wildman–Crippen MR) is 82.1 cm³/mol. The first kappa shape index (κ1) is 15.1. The lowest BCUT2D eigenvalue weighted by molar-refractivity contribution is -0.131. The molecule has 1 saturated carbocycles. The molecule has 2 rings (SSSR count). The first-order valence-corrected chi connectivity index (χ1v) is 7.19. The summed E-state index contributed by atoms with van der Waals surface area (Å²) in [5, 5.41) is 14.2. The number of hydrogen-bond donors (Lipinski definition) is 3. The fourth-order valence-electron chi connectivity index (χ4n) is 2.47. The van der Waals surface area contributed by atoms with Crippen LogP contribution in [-0.4, -0.2) is 23.7 Å². The monoisotopic (exact) mass is 288 g/mol. The Balaban J connectivity index is 1.79. The number of nitrogens with one attached hydrogen (secondary N) is 2. The average Bonchev–Trinajstić information content (AvgIpc) is 2.98. The summed E-state index contributed by atoms with van der Waals surface area (Å²) in [6.45, 7) is 0.727. The molecule has 2 amide bonds. The van der Waals surface area contributed by atoms with Crippen molar-refractivity contribution in [2.24, 2.45) is 5.92 Å². The number of hydrogen-bond acceptors (Lipinski definition) is 2. The molecule has 5 heteroatoms. The second kappa shape index (κ2) is 7.47. The number of benzene rings is 1. The Morgan fingerprint density at radius 2 is 1.86 bits per heavy atom. The quantitative estimate of drug-likeness (QED) is 0.728. The van der Waals surface area contributed by atoms with Crippen LogP contribution in [0.15, 0.2) is 30.3 Å². The van der Waals surface area contributed by atoms with Gasteiger partial charge in [-0.2, -0.15) is 0 Å². The Labute approximate surface area is 124 Å². The van der Waals surface area contributed by atoms with Gasteiger partial charge in [-0.15, -0.1) is 0 Å². The van der Waals surface area contributed by atoms with Crippen LogP contribution in [0.3, 0.4) is 0 Å². The van der Waals surface area contributed by atoms with Crippen LogP contribution in [0, 0.1) is 5.92 Å². The highest BCUT2D eigenvalue weighted by Crippen LogP contribution is 2.23. The molecule has 21 heavy (non-hydrogen) atoms. The van der Waals surface area contributed by atoms with Crippen LogP contribution in [0.2, 0.25) is 0 Å². The van der Waals surface area contributed by atoms with Crippen molar-refractivity contribution in [2.45, 2.75) is 25.7 Å². The molecule has 0 atom stereocenters.